The van der Waals surface area contributed by atoms with Crippen LogP contribution in [0.5, 0.6) is 0 Å². The van der Waals surface area contributed by atoms with Crippen LogP contribution in [0.25, 0.3) is 0 Å². The van der Waals surface area contributed by atoms with Crippen LogP contribution in [-0.2, 0) is 49.2 Å². The number of aromatic nitrogens is 3. The molecular formula is C54H90FN7O14. The molecular weight excluding hydrogens is 990 g/mol. The maximum Gasteiger partial charge on any atom is 0.311 e. The summed E-state index contributed by atoms with van der Waals surface area (Å²) in [5, 5.41) is 58.6. The first-order chi connectivity index (χ1) is 35.6. The van der Waals surface area contributed by atoms with Crippen molar-refractivity contribution in [2.75, 3.05) is 54.6 Å². The summed E-state index contributed by atoms with van der Waals surface area (Å²) < 4.78 is 60.7. The molecule has 3 aliphatic rings. The van der Waals surface area contributed by atoms with E-state index in [-0.39, 0.29) is 43.9 Å². The summed E-state index contributed by atoms with van der Waals surface area (Å²) in [6.45, 7) is 17.6. The molecule has 0 bridgehead atoms. The van der Waals surface area contributed by atoms with E-state index in [0.29, 0.717) is 49.2 Å². The molecule has 1 aromatic heterocycles. The smallest absolute Gasteiger partial charge is 0.311 e. The van der Waals surface area contributed by atoms with E-state index in [1.165, 1.54) is 25.8 Å². The van der Waals surface area contributed by atoms with Gasteiger partial charge in [0.2, 0.25) is 5.91 Å². The molecule has 3 aliphatic heterocycles. The number of hydrogen-bond donors (Lipinski definition) is 6. The van der Waals surface area contributed by atoms with Crippen molar-refractivity contribution in [2.24, 2.45) is 23.5 Å². The van der Waals surface area contributed by atoms with Crippen molar-refractivity contribution in [3.8, 4) is 0 Å². The monoisotopic (exact) mass is 1080 g/mol. The first-order valence-corrected chi connectivity index (χ1v) is 26.9. The minimum atomic E-state index is -1.84. The average Bonchev–Trinajstić information content (AvgIpc) is 3.85. The number of benzene rings is 1. The van der Waals surface area contributed by atoms with Gasteiger partial charge in [-0.3, -0.25) is 14.4 Å². The Morgan fingerprint density at radius 3 is 2.26 bits per heavy atom. The molecule has 0 spiro atoms. The number of nitrogens with two attached hydrogens (primary N) is 1. The number of carbonyl (C=O) groups excluding carboxylic acids is 3. The van der Waals surface area contributed by atoms with Crippen LogP contribution in [0, 0.1) is 17.8 Å². The molecule has 2 amide bonds. The molecule has 0 saturated carbocycles. The zero-order valence-corrected chi connectivity index (χ0v) is 47.3. The highest BCUT2D eigenvalue weighted by atomic mass is 19.1. The van der Waals surface area contributed by atoms with Crippen molar-refractivity contribution in [2.45, 2.75) is 204 Å². The van der Waals surface area contributed by atoms with Gasteiger partial charge in [-0.2, -0.15) is 0 Å². The molecule has 22 heteroatoms. The SMILES string of the molecule is CC[C@H]1OC(=O)[C@H](C)[C@@H](O[C@H]2C[C@@](C)(OC)[C@@H](O)[C@H](C)O2)[C@H](C)[C@@H](O[C@H]2C[C@@H](N(C)CCc3cn([C@H](CF)[C@H](OC)c4ccc(C(=O)NCC(N)=O)cc4)nn3)C[C@@H](C)O2)[C@](C)(O)C[C@@H](C)CN(C)[C@H](C)[C@@H](O)[C@]1(C)O. The van der Waals surface area contributed by atoms with E-state index in [0.717, 1.165) is 0 Å². The molecule has 0 aliphatic carbocycles. The van der Waals surface area contributed by atoms with Gasteiger partial charge >= 0.3 is 5.97 Å². The van der Waals surface area contributed by atoms with Gasteiger partial charge in [-0.15, -0.1) is 5.10 Å². The zero-order chi connectivity index (χ0) is 56.6. The van der Waals surface area contributed by atoms with Crippen LogP contribution in [0.15, 0.2) is 30.5 Å². The van der Waals surface area contributed by atoms with Crippen molar-refractivity contribution in [1.82, 2.24) is 30.1 Å². The summed E-state index contributed by atoms with van der Waals surface area (Å²) in [6, 6.07) is 4.92. The number of nitrogens with one attached hydrogen (secondary N) is 1. The van der Waals surface area contributed by atoms with E-state index in [4.69, 9.17) is 38.9 Å². The first kappa shape index (κ1) is 63.1. The lowest BCUT2D eigenvalue weighted by Gasteiger charge is -2.48. The second-order valence-electron chi connectivity index (χ2n) is 22.7. The Hall–Kier alpha value is -3.78. The number of cyclic esters (lactones) is 1. The highest BCUT2D eigenvalue weighted by Gasteiger charge is 2.52. The summed E-state index contributed by atoms with van der Waals surface area (Å²) in [5.74, 6) is -3.80. The molecule has 7 N–H and O–H groups in total. The van der Waals surface area contributed by atoms with Crippen LogP contribution in [-0.4, -0.2) is 202 Å². The van der Waals surface area contributed by atoms with Gasteiger partial charge in [0.15, 0.2) is 12.6 Å². The van der Waals surface area contributed by atoms with Gasteiger partial charge in [-0.1, -0.05) is 38.1 Å². The second-order valence-corrected chi connectivity index (χ2v) is 22.7. The second kappa shape index (κ2) is 26.9. The quantitative estimate of drug-likeness (QED) is 0.117. The van der Waals surface area contributed by atoms with Gasteiger partial charge in [0.05, 0.1) is 53.8 Å². The molecule has 1 aromatic carbocycles. The largest absolute Gasteiger partial charge is 0.459 e. The fourth-order valence-electron chi connectivity index (χ4n) is 11.6. The predicted molar refractivity (Wildman–Crippen MR) is 278 cm³/mol. The summed E-state index contributed by atoms with van der Waals surface area (Å²) in [7, 11) is 6.82. The van der Waals surface area contributed by atoms with Crippen molar-refractivity contribution >= 4 is 17.8 Å². The summed E-state index contributed by atoms with van der Waals surface area (Å²) >= 11 is 0. The lowest BCUT2D eigenvalue weighted by molar-refractivity contribution is -0.308. The van der Waals surface area contributed by atoms with Crippen molar-refractivity contribution in [3.05, 3.63) is 47.3 Å². The average molecular weight is 1080 g/mol. The van der Waals surface area contributed by atoms with Crippen LogP contribution in [0.3, 0.4) is 0 Å². The number of primary amides is 1. The molecule has 0 radical (unpaired) electrons. The topological polar surface area (TPSA) is 272 Å². The Morgan fingerprint density at radius 2 is 1.66 bits per heavy atom. The minimum Gasteiger partial charge on any atom is -0.459 e. The van der Waals surface area contributed by atoms with Gasteiger partial charge in [0, 0.05) is 76.3 Å². The highest BCUT2D eigenvalue weighted by molar-refractivity contribution is 5.96. The van der Waals surface area contributed by atoms with Crippen molar-refractivity contribution in [3.63, 3.8) is 0 Å². The molecule has 432 valence electrons. The van der Waals surface area contributed by atoms with Crippen LogP contribution >= 0.6 is 0 Å². The molecule has 4 heterocycles. The number of aliphatic hydroxyl groups is 4. The molecule has 19 atom stereocenters. The fourth-order valence-corrected chi connectivity index (χ4v) is 11.6. The zero-order valence-electron chi connectivity index (χ0n) is 47.3. The number of nitrogens with zero attached hydrogens (tertiary/aromatic N) is 5. The normalized spacial score (nSPS) is 37.4. The van der Waals surface area contributed by atoms with Crippen LogP contribution in [0.4, 0.5) is 4.39 Å². The van der Waals surface area contributed by atoms with Gasteiger partial charge in [0.1, 0.15) is 42.7 Å². The van der Waals surface area contributed by atoms with Gasteiger partial charge in [0.25, 0.3) is 5.91 Å². The Kier molecular flexibility index (Phi) is 22.3. The molecule has 5 rings (SSSR count). The summed E-state index contributed by atoms with van der Waals surface area (Å²) in [6.07, 6.45) is -5.18. The lowest BCUT2D eigenvalue weighted by atomic mass is 9.77. The number of aliphatic hydroxyl groups excluding tert-OH is 2. The Morgan fingerprint density at radius 1 is 0.987 bits per heavy atom. The van der Waals surface area contributed by atoms with E-state index in [1.54, 1.807) is 72.0 Å². The van der Waals surface area contributed by atoms with Gasteiger partial charge in [-0.05, 0) is 105 Å². The first-order valence-electron chi connectivity index (χ1n) is 26.9. The van der Waals surface area contributed by atoms with Gasteiger partial charge < -0.3 is 74.4 Å². The molecule has 3 fully saturated rings. The van der Waals surface area contributed by atoms with E-state index in [1.807, 2.05) is 39.8 Å². The van der Waals surface area contributed by atoms with E-state index < -0.39 is 120 Å². The third kappa shape index (κ3) is 15.3. The number of rotatable bonds is 18. The molecule has 76 heavy (non-hydrogen) atoms. The van der Waals surface area contributed by atoms with E-state index in [2.05, 4.69) is 20.5 Å². The van der Waals surface area contributed by atoms with Crippen molar-refractivity contribution < 1.29 is 72.4 Å². The number of methoxy groups -OCH3 is 2. The Balaban J connectivity index is 1.39. The predicted octanol–water partition coefficient (Wildman–Crippen LogP) is 3.25. The number of amides is 2. The number of alkyl halides is 1. The number of halogens is 1. The summed E-state index contributed by atoms with van der Waals surface area (Å²) in [5.41, 5.74) is 2.22. The fraction of sp³-hybridized carbons (Fsp3) is 0.796. The lowest BCUT2D eigenvalue weighted by Crippen LogP contribution is -2.59. The van der Waals surface area contributed by atoms with Gasteiger partial charge in [-0.25, -0.2) is 9.07 Å². The minimum absolute atomic E-state index is 0.0564. The number of hydrogen-bond acceptors (Lipinski definition) is 18. The number of esters is 1. The standard InChI is InChI=1S/C54H90FN7O14/c1-15-41-54(10,69)47(64)34(6)61(12)28-30(2)24-52(8,68)49(32(4)45(33(5)51(67)74-41)75-44-25-53(9,71-14)48(65)35(7)73-44)76-43-23-39(22-31(3)72-43)60(11)21-20-38-29-62(59-58-38)40(26-55)46(70-13)36-16-18-37(19-17-36)50(66)57-27-42(56)63/h16-19,29-35,39-41,43-49,64-65,68-69H,15,20-28H2,1-14H3,(H2,56,63)(H,57,66)/t30-,31-,32+,33-,34-,35+,39+,40-,41-,43+,44+,45+,46-,47-,48+,49-,52-,53-,54-/m1/s1. The van der Waals surface area contributed by atoms with Crippen LogP contribution in [0.1, 0.15) is 135 Å². The third-order valence-corrected chi connectivity index (χ3v) is 16.3. The molecule has 3 saturated heterocycles. The van der Waals surface area contributed by atoms with Crippen LogP contribution < -0.4 is 11.1 Å². The Labute approximate surface area is 448 Å². The number of ether oxygens (including phenoxy) is 7. The maximum absolute atomic E-state index is 14.8. The van der Waals surface area contributed by atoms with Crippen LogP contribution in [0.2, 0.25) is 0 Å². The number of likely N-dealkylation sites (N-methyl/N-ethyl adjacent to an activating group) is 2. The van der Waals surface area contributed by atoms with E-state index in [9.17, 15) is 39.2 Å². The third-order valence-electron chi connectivity index (χ3n) is 16.3. The number of carbonyl (C=O) groups is 3. The molecule has 21 nitrogen and oxygen atoms in total. The maximum atomic E-state index is 14.8. The van der Waals surface area contributed by atoms with Crippen molar-refractivity contribution in [1.29, 1.82) is 0 Å². The highest BCUT2D eigenvalue weighted by Crippen LogP contribution is 2.40. The Bertz CT molecular complexity index is 2170. The molecule has 0 unspecified atom stereocenters. The van der Waals surface area contributed by atoms with E-state index >= 15 is 0 Å². The summed E-state index contributed by atoms with van der Waals surface area (Å²) in [4.78, 5) is 42.2. The molecule has 2 aromatic rings.